The van der Waals surface area contributed by atoms with E-state index in [1.54, 1.807) is 0 Å². The standard InChI is InChI=1S/C9H16N2O2S/c1-7(6-8(10)14)9(12)11-2-4-13-5-3-11/h7H,2-6H2,1H3,(H2,10,14). The Kier molecular flexibility index (Phi) is 4.28. The SMILES string of the molecule is CC(CC(N)=S)C(=O)N1CCOCC1. The van der Waals surface area contributed by atoms with E-state index in [1.165, 1.54) is 0 Å². The van der Waals surface area contributed by atoms with E-state index in [-0.39, 0.29) is 11.8 Å². The van der Waals surface area contributed by atoms with Crippen LogP contribution in [0.5, 0.6) is 0 Å². The molecule has 1 unspecified atom stereocenters. The Hall–Kier alpha value is -0.680. The van der Waals surface area contributed by atoms with E-state index in [1.807, 2.05) is 11.8 Å². The number of carbonyl (C=O) groups is 1. The monoisotopic (exact) mass is 216 g/mol. The molecule has 1 fully saturated rings. The van der Waals surface area contributed by atoms with Crippen molar-refractivity contribution in [3.63, 3.8) is 0 Å². The minimum atomic E-state index is -0.106. The Morgan fingerprint density at radius 2 is 2.14 bits per heavy atom. The Morgan fingerprint density at radius 1 is 1.57 bits per heavy atom. The molecule has 2 N–H and O–H groups in total. The summed E-state index contributed by atoms with van der Waals surface area (Å²) < 4.78 is 5.17. The van der Waals surface area contributed by atoms with Gasteiger partial charge >= 0.3 is 0 Å². The molecule has 0 aromatic heterocycles. The van der Waals surface area contributed by atoms with Gasteiger partial charge in [0.05, 0.1) is 18.2 Å². The Bertz CT molecular complexity index is 227. The average Bonchev–Trinajstić information content (AvgIpc) is 2.17. The number of carbonyl (C=O) groups excluding carboxylic acids is 1. The zero-order valence-electron chi connectivity index (χ0n) is 8.36. The normalized spacial score (nSPS) is 19.1. The van der Waals surface area contributed by atoms with Gasteiger partial charge in [-0.1, -0.05) is 19.1 Å². The molecule has 0 aliphatic carbocycles. The maximum absolute atomic E-state index is 11.8. The predicted molar refractivity (Wildman–Crippen MR) is 58.0 cm³/mol. The summed E-state index contributed by atoms with van der Waals surface area (Å²) in [7, 11) is 0. The Morgan fingerprint density at radius 3 is 2.64 bits per heavy atom. The van der Waals surface area contributed by atoms with Gasteiger partial charge in [0, 0.05) is 25.4 Å². The van der Waals surface area contributed by atoms with E-state index in [2.05, 4.69) is 0 Å². The van der Waals surface area contributed by atoms with Crippen molar-refractivity contribution in [2.24, 2.45) is 11.7 Å². The summed E-state index contributed by atoms with van der Waals surface area (Å²) in [5, 5.41) is 0. The van der Waals surface area contributed by atoms with Gasteiger partial charge < -0.3 is 15.4 Å². The molecular formula is C9H16N2O2S. The molecule has 14 heavy (non-hydrogen) atoms. The lowest BCUT2D eigenvalue weighted by molar-refractivity contribution is -0.138. The van der Waals surface area contributed by atoms with Crippen LogP contribution in [-0.2, 0) is 9.53 Å². The van der Waals surface area contributed by atoms with Crippen molar-refractivity contribution in [1.82, 2.24) is 4.90 Å². The summed E-state index contributed by atoms with van der Waals surface area (Å²) >= 11 is 4.77. The largest absolute Gasteiger partial charge is 0.393 e. The number of nitrogens with zero attached hydrogens (tertiary/aromatic N) is 1. The highest BCUT2D eigenvalue weighted by Gasteiger charge is 2.22. The molecule has 1 heterocycles. The van der Waals surface area contributed by atoms with Gasteiger partial charge in [-0.05, 0) is 0 Å². The van der Waals surface area contributed by atoms with Crippen molar-refractivity contribution >= 4 is 23.1 Å². The van der Waals surface area contributed by atoms with Gasteiger partial charge in [0.25, 0.3) is 0 Å². The number of thiocarbonyl (C=S) groups is 1. The molecule has 0 aromatic carbocycles. The van der Waals surface area contributed by atoms with E-state index >= 15 is 0 Å². The minimum Gasteiger partial charge on any atom is -0.393 e. The molecule has 4 nitrogen and oxygen atoms in total. The van der Waals surface area contributed by atoms with E-state index in [0.717, 1.165) is 0 Å². The van der Waals surface area contributed by atoms with Crippen LogP contribution in [0.4, 0.5) is 0 Å². The first kappa shape index (κ1) is 11.4. The first-order chi connectivity index (χ1) is 6.61. The maximum Gasteiger partial charge on any atom is 0.225 e. The van der Waals surface area contributed by atoms with Crippen molar-refractivity contribution in [3.8, 4) is 0 Å². The van der Waals surface area contributed by atoms with Crippen LogP contribution in [0.2, 0.25) is 0 Å². The van der Waals surface area contributed by atoms with Gasteiger partial charge in [-0.15, -0.1) is 0 Å². The van der Waals surface area contributed by atoms with Crippen molar-refractivity contribution in [2.45, 2.75) is 13.3 Å². The second-order valence-corrected chi connectivity index (χ2v) is 4.03. The highest BCUT2D eigenvalue weighted by molar-refractivity contribution is 7.80. The number of morpholine rings is 1. The summed E-state index contributed by atoms with van der Waals surface area (Å²) in [5.74, 6) is 0.0201. The lowest BCUT2D eigenvalue weighted by atomic mass is 10.1. The number of amides is 1. The molecule has 0 saturated carbocycles. The van der Waals surface area contributed by atoms with Gasteiger partial charge in [0.2, 0.25) is 5.91 Å². The van der Waals surface area contributed by atoms with Gasteiger partial charge in [0.1, 0.15) is 0 Å². The lowest BCUT2D eigenvalue weighted by Gasteiger charge is -2.29. The average molecular weight is 216 g/mol. The van der Waals surface area contributed by atoms with E-state index in [4.69, 9.17) is 22.7 Å². The molecule has 1 rings (SSSR count). The maximum atomic E-state index is 11.8. The molecule has 5 heteroatoms. The van der Waals surface area contributed by atoms with E-state index in [0.29, 0.717) is 37.7 Å². The highest BCUT2D eigenvalue weighted by atomic mass is 32.1. The molecule has 0 radical (unpaired) electrons. The van der Waals surface area contributed by atoms with Crippen molar-refractivity contribution in [1.29, 1.82) is 0 Å². The molecule has 1 amide bonds. The summed E-state index contributed by atoms with van der Waals surface area (Å²) in [6, 6.07) is 0. The van der Waals surface area contributed by atoms with Gasteiger partial charge in [0.15, 0.2) is 0 Å². The van der Waals surface area contributed by atoms with E-state index in [9.17, 15) is 4.79 Å². The second-order valence-electron chi connectivity index (χ2n) is 3.51. The van der Waals surface area contributed by atoms with Gasteiger partial charge in [-0.25, -0.2) is 0 Å². The molecule has 0 spiro atoms. The topological polar surface area (TPSA) is 55.6 Å². The summed E-state index contributed by atoms with van der Waals surface area (Å²) in [4.78, 5) is 14.0. The number of rotatable bonds is 3. The Balaban J connectivity index is 2.42. The number of nitrogens with two attached hydrogens (primary N) is 1. The fraction of sp³-hybridized carbons (Fsp3) is 0.778. The molecule has 1 aliphatic rings. The minimum absolute atomic E-state index is 0.106. The number of ether oxygens (including phenoxy) is 1. The van der Waals surface area contributed by atoms with Crippen LogP contribution in [0.3, 0.4) is 0 Å². The Labute approximate surface area is 89.4 Å². The first-order valence-electron chi connectivity index (χ1n) is 4.76. The van der Waals surface area contributed by atoms with Crippen LogP contribution in [0.1, 0.15) is 13.3 Å². The van der Waals surface area contributed by atoms with Crippen LogP contribution in [0.25, 0.3) is 0 Å². The predicted octanol–water partition coefficient (Wildman–Crippen LogP) is 0.157. The third-order valence-electron chi connectivity index (χ3n) is 2.25. The van der Waals surface area contributed by atoms with Gasteiger partial charge in [-0.3, -0.25) is 4.79 Å². The fourth-order valence-electron chi connectivity index (χ4n) is 1.48. The van der Waals surface area contributed by atoms with Crippen molar-refractivity contribution < 1.29 is 9.53 Å². The fourth-order valence-corrected chi connectivity index (χ4v) is 1.73. The van der Waals surface area contributed by atoms with Crippen LogP contribution < -0.4 is 5.73 Å². The van der Waals surface area contributed by atoms with Crippen LogP contribution >= 0.6 is 12.2 Å². The number of hydrogen-bond acceptors (Lipinski definition) is 3. The zero-order chi connectivity index (χ0) is 10.6. The summed E-state index contributed by atoms with van der Waals surface area (Å²) in [5.41, 5.74) is 5.40. The third-order valence-corrected chi connectivity index (χ3v) is 2.42. The smallest absolute Gasteiger partial charge is 0.225 e. The van der Waals surface area contributed by atoms with Crippen LogP contribution in [-0.4, -0.2) is 42.1 Å². The molecule has 0 aromatic rings. The lowest BCUT2D eigenvalue weighted by Crippen LogP contribution is -2.43. The van der Waals surface area contributed by atoms with Crippen LogP contribution in [0, 0.1) is 5.92 Å². The van der Waals surface area contributed by atoms with Crippen molar-refractivity contribution in [3.05, 3.63) is 0 Å². The first-order valence-corrected chi connectivity index (χ1v) is 5.17. The molecule has 0 bridgehead atoms. The summed E-state index contributed by atoms with van der Waals surface area (Å²) in [6.45, 7) is 4.48. The summed E-state index contributed by atoms with van der Waals surface area (Å²) in [6.07, 6.45) is 0.492. The molecule has 80 valence electrons. The molecule has 1 saturated heterocycles. The second kappa shape index (κ2) is 5.26. The van der Waals surface area contributed by atoms with Gasteiger partial charge in [-0.2, -0.15) is 0 Å². The van der Waals surface area contributed by atoms with E-state index < -0.39 is 0 Å². The molecular weight excluding hydrogens is 200 g/mol. The molecule has 1 aliphatic heterocycles. The zero-order valence-corrected chi connectivity index (χ0v) is 9.18. The third kappa shape index (κ3) is 3.23. The highest BCUT2D eigenvalue weighted by Crippen LogP contribution is 2.09. The molecule has 1 atom stereocenters. The quantitative estimate of drug-likeness (QED) is 0.683. The number of hydrogen-bond donors (Lipinski definition) is 1. The van der Waals surface area contributed by atoms with Crippen LogP contribution in [0.15, 0.2) is 0 Å². The van der Waals surface area contributed by atoms with Crippen molar-refractivity contribution in [2.75, 3.05) is 26.3 Å².